The van der Waals surface area contributed by atoms with Crippen LogP contribution in [0.1, 0.15) is 46.5 Å². The molecular formula is C16H29N3. The zero-order chi connectivity index (χ0) is 14.0. The minimum absolute atomic E-state index is 0.234. The molecule has 2 fully saturated rings. The van der Waals surface area contributed by atoms with Crippen LogP contribution >= 0.6 is 0 Å². The highest BCUT2D eigenvalue weighted by Gasteiger charge is 2.39. The maximum atomic E-state index is 9.45. The topological polar surface area (TPSA) is 30.3 Å². The van der Waals surface area contributed by atoms with Crippen LogP contribution in [0.25, 0.3) is 0 Å². The van der Waals surface area contributed by atoms with Gasteiger partial charge in [0.1, 0.15) is 0 Å². The van der Waals surface area contributed by atoms with Crippen LogP contribution in [0, 0.1) is 23.2 Å². The van der Waals surface area contributed by atoms with E-state index in [9.17, 15) is 5.26 Å². The van der Waals surface area contributed by atoms with Gasteiger partial charge in [-0.15, -0.1) is 0 Å². The van der Waals surface area contributed by atoms with Crippen molar-refractivity contribution in [2.24, 2.45) is 11.8 Å². The summed E-state index contributed by atoms with van der Waals surface area (Å²) in [7, 11) is 2.22. The van der Waals surface area contributed by atoms with Gasteiger partial charge in [0.15, 0.2) is 0 Å². The number of hydrogen-bond donors (Lipinski definition) is 0. The van der Waals surface area contributed by atoms with E-state index in [0.29, 0.717) is 6.04 Å². The standard InChI is InChI=1S/C16H29N3/c1-5-13-6-7-14(11-17)15(10-13)19-9-8-18(4)16(2,3)12-19/h13-15H,5-10,12H2,1-4H3. The monoisotopic (exact) mass is 263 g/mol. The number of likely N-dealkylation sites (N-methyl/N-ethyl adjacent to an activating group) is 1. The van der Waals surface area contributed by atoms with E-state index in [0.717, 1.165) is 32.0 Å². The molecule has 0 aromatic rings. The Morgan fingerprint density at radius 2 is 2.00 bits per heavy atom. The molecule has 0 N–H and O–H groups in total. The van der Waals surface area contributed by atoms with Crippen LogP contribution in [-0.2, 0) is 0 Å². The van der Waals surface area contributed by atoms with Crippen molar-refractivity contribution in [3.8, 4) is 6.07 Å². The third-order valence-corrected chi connectivity index (χ3v) is 5.48. The van der Waals surface area contributed by atoms with Gasteiger partial charge >= 0.3 is 0 Å². The number of nitrogens with zero attached hydrogens (tertiary/aromatic N) is 3. The van der Waals surface area contributed by atoms with Crippen molar-refractivity contribution in [3.05, 3.63) is 0 Å². The Morgan fingerprint density at radius 1 is 1.26 bits per heavy atom. The summed E-state index contributed by atoms with van der Waals surface area (Å²) < 4.78 is 0. The lowest BCUT2D eigenvalue weighted by Gasteiger charge is -2.50. The van der Waals surface area contributed by atoms with E-state index in [1.54, 1.807) is 0 Å². The Hall–Kier alpha value is -0.590. The first-order valence-electron chi connectivity index (χ1n) is 7.83. The molecule has 0 amide bonds. The summed E-state index contributed by atoms with van der Waals surface area (Å²) in [6.07, 6.45) is 4.86. The number of piperazine rings is 1. The molecule has 0 aromatic heterocycles. The minimum Gasteiger partial charge on any atom is -0.299 e. The Balaban J connectivity index is 2.08. The second kappa shape index (κ2) is 5.81. The molecule has 1 heterocycles. The molecule has 108 valence electrons. The summed E-state index contributed by atoms with van der Waals surface area (Å²) in [5, 5.41) is 9.45. The molecule has 0 aromatic carbocycles. The molecule has 0 bridgehead atoms. The van der Waals surface area contributed by atoms with E-state index in [1.807, 2.05) is 0 Å². The minimum atomic E-state index is 0.234. The van der Waals surface area contributed by atoms with E-state index in [-0.39, 0.29) is 11.5 Å². The lowest BCUT2D eigenvalue weighted by molar-refractivity contribution is -0.00860. The van der Waals surface area contributed by atoms with Gasteiger partial charge in [0.2, 0.25) is 0 Å². The third-order valence-electron chi connectivity index (χ3n) is 5.48. The summed E-state index contributed by atoms with van der Waals surface area (Å²) in [6, 6.07) is 3.08. The zero-order valence-electron chi connectivity index (χ0n) is 13.0. The number of hydrogen-bond acceptors (Lipinski definition) is 3. The van der Waals surface area contributed by atoms with Crippen LogP contribution in [0.5, 0.6) is 0 Å². The summed E-state index contributed by atoms with van der Waals surface area (Å²) in [5.74, 6) is 1.08. The Kier molecular flexibility index (Phi) is 4.53. The molecule has 0 spiro atoms. The van der Waals surface area contributed by atoms with E-state index >= 15 is 0 Å². The molecule has 3 atom stereocenters. The van der Waals surface area contributed by atoms with Gasteiger partial charge in [-0.3, -0.25) is 9.80 Å². The highest BCUT2D eigenvalue weighted by Crippen LogP contribution is 2.35. The van der Waals surface area contributed by atoms with Crippen molar-refractivity contribution in [3.63, 3.8) is 0 Å². The molecule has 1 saturated carbocycles. The fraction of sp³-hybridized carbons (Fsp3) is 0.938. The molecule has 2 aliphatic rings. The van der Waals surface area contributed by atoms with Gasteiger partial charge in [-0.1, -0.05) is 13.3 Å². The molecular weight excluding hydrogens is 234 g/mol. The maximum Gasteiger partial charge on any atom is 0.0672 e. The Labute approximate surface area is 118 Å². The SMILES string of the molecule is CCC1CCC(C#N)C(N2CCN(C)C(C)(C)C2)C1. The first-order chi connectivity index (χ1) is 8.97. The van der Waals surface area contributed by atoms with E-state index < -0.39 is 0 Å². The van der Waals surface area contributed by atoms with Gasteiger partial charge in [-0.2, -0.15) is 5.26 Å². The summed E-state index contributed by atoms with van der Waals surface area (Å²) in [4.78, 5) is 5.06. The second-order valence-corrected chi connectivity index (χ2v) is 7.09. The average Bonchev–Trinajstić information content (AvgIpc) is 2.41. The summed E-state index contributed by atoms with van der Waals surface area (Å²) >= 11 is 0. The van der Waals surface area contributed by atoms with Gasteiger partial charge in [-0.05, 0) is 46.1 Å². The van der Waals surface area contributed by atoms with Crippen LogP contribution in [0.2, 0.25) is 0 Å². The van der Waals surface area contributed by atoms with Crippen LogP contribution in [-0.4, -0.2) is 48.1 Å². The smallest absolute Gasteiger partial charge is 0.0672 e. The lowest BCUT2D eigenvalue weighted by atomic mass is 9.76. The number of rotatable bonds is 2. The van der Waals surface area contributed by atoms with E-state index in [1.165, 1.54) is 19.3 Å². The fourth-order valence-electron chi connectivity index (χ4n) is 3.72. The van der Waals surface area contributed by atoms with Gasteiger partial charge in [0.05, 0.1) is 12.0 Å². The predicted molar refractivity (Wildman–Crippen MR) is 78.8 cm³/mol. The molecule has 0 radical (unpaired) electrons. The summed E-state index contributed by atoms with van der Waals surface area (Å²) in [5.41, 5.74) is 0.234. The highest BCUT2D eigenvalue weighted by molar-refractivity contribution is 5.00. The van der Waals surface area contributed by atoms with E-state index in [2.05, 4.69) is 43.7 Å². The maximum absolute atomic E-state index is 9.45. The molecule has 2 rings (SSSR count). The highest BCUT2D eigenvalue weighted by atomic mass is 15.3. The van der Waals surface area contributed by atoms with Crippen LogP contribution < -0.4 is 0 Å². The average molecular weight is 263 g/mol. The van der Waals surface area contributed by atoms with Crippen LogP contribution in [0.3, 0.4) is 0 Å². The zero-order valence-corrected chi connectivity index (χ0v) is 13.0. The first-order valence-corrected chi connectivity index (χ1v) is 7.83. The van der Waals surface area contributed by atoms with Crippen molar-refractivity contribution in [2.45, 2.75) is 58.0 Å². The van der Waals surface area contributed by atoms with Gasteiger partial charge in [0, 0.05) is 31.2 Å². The Bertz CT molecular complexity index is 344. The lowest BCUT2D eigenvalue weighted by Crippen LogP contribution is -2.61. The van der Waals surface area contributed by atoms with Gasteiger partial charge < -0.3 is 0 Å². The molecule has 3 unspecified atom stereocenters. The second-order valence-electron chi connectivity index (χ2n) is 7.09. The first kappa shape index (κ1) is 14.8. The van der Waals surface area contributed by atoms with Crippen molar-refractivity contribution >= 4 is 0 Å². The van der Waals surface area contributed by atoms with Crippen molar-refractivity contribution in [2.75, 3.05) is 26.7 Å². The Morgan fingerprint density at radius 3 is 2.58 bits per heavy atom. The normalized spacial score (nSPS) is 36.9. The molecule has 19 heavy (non-hydrogen) atoms. The van der Waals surface area contributed by atoms with Crippen molar-refractivity contribution in [1.82, 2.24) is 9.80 Å². The molecule has 1 saturated heterocycles. The van der Waals surface area contributed by atoms with Crippen molar-refractivity contribution < 1.29 is 0 Å². The largest absolute Gasteiger partial charge is 0.299 e. The van der Waals surface area contributed by atoms with Gasteiger partial charge in [0.25, 0.3) is 0 Å². The molecule has 1 aliphatic heterocycles. The van der Waals surface area contributed by atoms with Crippen molar-refractivity contribution in [1.29, 1.82) is 5.26 Å². The quantitative estimate of drug-likeness (QED) is 0.767. The molecule has 3 heteroatoms. The molecule has 1 aliphatic carbocycles. The third kappa shape index (κ3) is 3.12. The van der Waals surface area contributed by atoms with Gasteiger partial charge in [-0.25, -0.2) is 0 Å². The van der Waals surface area contributed by atoms with Crippen LogP contribution in [0.4, 0.5) is 0 Å². The van der Waals surface area contributed by atoms with E-state index in [4.69, 9.17) is 0 Å². The molecule has 3 nitrogen and oxygen atoms in total. The number of nitriles is 1. The summed E-state index contributed by atoms with van der Waals surface area (Å²) in [6.45, 7) is 10.3. The predicted octanol–water partition coefficient (Wildman–Crippen LogP) is 2.73. The fourth-order valence-corrected chi connectivity index (χ4v) is 3.72. The van der Waals surface area contributed by atoms with Crippen LogP contribution in [0.15, 0.2) is 0 Å².